The van der Waals surface area contributed by atoms with Crippen LogP contribution >= 0.6 is 23.2 Å². The fourth-order valence-corrected chi connectivity index (χ4v) is 4.47. The number of benzene rings is 2. The number of halogens is 2. The number of hydrogen-bond donors (Lipinski definition) is 1. The first-order valence-electron chi connectivity index (χ1n) is 12.1. The molecule has 1 saturated heterocycles. The predicted molar refractivity (Wildman–Crippen MR) is 144 cm³/mol. The maximum Gasteiger partial charge on any atom is 0.322 e. The lowest BCUT2D eigenvalue weighted by Crippen LogP contribution is -2.48. The van der Waals surface area contributed by atoms with Crippen LogP contribution in [-0.2, 0) is 22.6 Å². The summed E-state index contributed by atoms with van der Waals surface area (Å²) < 4.78 is 10.9. The molecule has 3 aromatic rings. The van der Waals surface area contributed by atoms with Crippen LogP contribution in [0.15, 0.2) is 71.3 Å². The molecular weight excluding hydrogens is 515 g/mol. The molecule has 0 spiro atoms. The van der Waals surface area contributed by atoms with Gasteiger partial charge in [-0.05, 0) is 35.9 Å². The number of anilines is 1. The second-order valence-corrected chi connectivity index (χ2v) is 9.59. The zero-order chi connectivity index (χ0) is 26.0. The largest absolute Gasteiger partial charge is 0.467 e. The number of ether oxygens (including phenoxy) is 1. The summed E-state index contributed by atoms with van der Waals surface area (Å²) in [5.74, 6) is 0.473. The molecule has 1 aliphatic rings. The van der Waals surface area contributed by atoms with E-state index in [-0.39, 0.29) is 12.5 Å². The highest BCUT2D eigenvalue weighted by atomic mass is 35.5. The first-order valence-corrected chi connectivity index (χ1v) is 12.9. The summed E-state index contributed by atoms with van der Waals surface area (Å²) >= 11 is 12.3. The van der Waals surface area contributed by atoms with Gasteiger partial charge in [0, 0.05) is 37.7 Å². The Kier molecular flexibility index (Phi) is 9.85. The van der Waals surface area contributed by atoms with Crippen molar-refractivity contribution in [3.63, 3.8) is 0 Å². The fourth-order valence-electron chi connectivity index (χ4n) is 4.01. The zero-order valence-electron chi connectivity index (χ0n) is 20.4. The molecule has 10 heteroatoms. The third-order valence-corrected chi connectivity index (χ3v) is 6.62. The Balaban J connectivity index is 1.49. The Morgan fingerprint density at radius 2 is 1.73 bits per heavy atom. The molecule has 1 N–H and O–H groups in total. The number of nitrogens with one attached hydrogen (secondary N) is 1. The van der Waals surface area contributed by atoms with Gasteiger partial charge < -0.3 is 24.3 Å². The van der Waals surface area contributed by atoms with Crippen LogP contribution in [0.2, 0.25) is 10.0 Å². The summed E-state index contributed by atoms with van der Waals surface area (Å²) in [6.07, 6.45) is 1.58. The molecule has 1 fully saturated rings. The molecule has 2 aromatic carbocycles. The molecule has 0 unspecified atom stereocenters. The molecule has 0 radical (unpaired) electrons. The highest BCUT2D eigenvalue weighted by Crippen LogP contribution is 2.25. The van der Waals surface area contributed by atoms with Crippen LogP contribution < -0.4 is 5.32 Å². The Morgan fingerprint density at radius 1 is 0.946 bits per heavy atom. The average molecular weight is 545 g/mol. The van der Waals surface area contributed by atoms with Gasteiger partial charge in [0.05, 0.1) is 36.7 Å². The molecule has 1 aliphatic heterocycles. The summed E-state index contributed by atoms with van der Waals surface area (Å²) in [6.45, 7) is 4.44. The number of morpholine rings is 1. The van der Waals surface area contributed by atoms with Crippen LogP contribution in [0.1, 0.15) is 11.3 Å². The number of nitrogens with zero attached hydrogens (tertiary/aromatic N) is 3. The van der Waals surface area contributed by atoms with Crippen molar-refractivity contribution >= 4 is 40.8 Å². The minimum Gasteiger partial charge on any atom is -0.467 e. The fraction of sp³-hybridized carbons (Fsp3) is 0.333. The Labute approximate surface area is 226 Å². The molecule has 0 atom stereocenters. The van der Waals surface area contributed by atoms with E-state index in [0.717, 1.165) is 18.7 Å². The van der Waals surface area contributed by atoms with Gasteiger partial charge in [-0.1, -0.05) is 53.5 Å². The van der Waals surface area contributed by atoms with Gasteiger partial charge in [-0.2, -0.15) is 0 Å². The van der Waals surface area contributed by atoms with E-state index >= 15 is 0 Å². The normalized spacial score (nSPS) is 13.8. The molecule has 0 aliphatic carbocycles. The first kappa shape index (κ1) is 27.0. The molecule has 37 heavy (non-hydrogen) atoms. The van der Waals surface area contributed by atoms with Crippen LogP contribution in [0, 0.1) is 0 Å². The Bertz CT molecular complexity index is 1150. The lowest BCUT2D eigenvalue weighted by molar-refractivity contribution is -0.133. The van der Waals surface area contributed by atoms with Gasteiger partial charge in [-0.15, -0.1) is 0 Å². The molecular formula is C27H30Cl2N4O4. The van der Waals surface area contributed by atoms with Crippen molar-refractivity contribution in [2.75, 3.05) is 51.3 Å². The predicted octanol–water partition coefficient (Wildman–Crippen LogP) is 4.98. The molecule has 2 heterocycles. The minimum absolute atomic E-state index is 0.102. The summed E-state index contributed by atoms with van der Waals surface area (Å²) in [5, 5.41) is 3.62. The molecule has 3 amide bonds. The molecule has 196 valence electrons. The number of rotatable bonds is 10. The maximum atomic E-state index is 13.6. The average Bonchev–Trinajstić information content (AvgIpc) is 3.42. The first-order chi connectivity index (χ1) is 18.0. The topological polar surface area (TPSA) is 78.3 Å². The lowest BCUT2D eigenvalue weighted by Gasteiger charge is -2.31. The van der Waals surface area contributed by atoms with E-state index in [1.165, 1.54) is 4.90 Å². The smallest absolute Gasteiger partial charge is 0.322 e. The van der Waals surface area contributed by atoms with E-state index in [9.17, 15) is 9.59 Å². The molecule has 0 saturated carbocycles. The van der Waals surface area contributed by atoms with E-state index < -0.39 is 6.03 Å². The van der Waals surface area contributed by atoms with Crippen LogP contribution in [-0.4, -0.2) is 72.6 Å². The van der Waals surface area contributed by atoms with E-state index in [0.29, 0.717) is 60.9 Å². The van der Waals surface area contributed by atoms with E-state index in [1.807, 2.05) is 36.4 Å². The monoisotopic (exact) mass is 544 g/mol. The molecule has 0 bridgehead atoms. The van der Waals surface area contributed by atoms with Crippen molar-refractivity contribution in [1.82, 2.24) is 14.7 Å². The van der Waals surface area contributed by atoms with Gasteiger partial charge in [-0.25, -0.2) is 4.79 Å². The lowest BCUT2D eigenvalue weighted by atomic mass is 10.2. The number of hydrogen-bond acceptors (Lipinski definition) is 5. The third-order valence-electron chi connectivity index (χ3n) is 6.07. The number of carbonyl (C=O) groups is 2. The zero-order valence-corrected chi connectivity index (χ0v) is 22.0. The molecule has 1 aromatic heterocycles. The Morgan fingerprint density at radius 3 is 2.43 bits per heavy atom. The van der Waals surface area contributed by atoms with Crippen LogP contribution in [0.3, 0.4) is 0 Å². The van der Waals surface area contributed by atoms with Gasteiger partial charge in [0.25, 0.3) is 0 Å². The Hall–Kier alpha value is -3.04. The second kappa shape index (κ2) is 13.5. The highest BCUT2D eigenvalue weighted by Gasteiger charge is 2.24. The summed E-state index contributed by atoms with van der Waals surface area (Å²) in [5.41, 5.74) is 1.41. The van der Waals surface area contributed by atoms with Crippen molar-refractivity contribution in [2.24, 2.45) is 0 Å². The van der Waals surface area contributed by atoms with Crippen molar-refractivity contribution in [3.8, 4) is 0 Å². The van der Waals surface area contributed by atoms with E-state index in [1.54, 1.807) is 35.4 Å². The number of carbonyl (C=O) groups excluding carboxylic acids is 2. The third kappa shape index (κ3) is 8.23. The van der Waals surface area contributed by atoms with Crippen LogP contribution in [0.25, 0.3) is 0 Å². The maximum absolute atomic E-state index is 13.6. The summed E-state index contributed by atoms with van der Waals surface area (Å²) in [4.78, 5) is 32.4. The van der Waals surface area contributed by atoms with Gasteiger partial charge >= 0.3 is 6.03 Å². The SMILES string of the molecule is O=C(CN(CCN1CCOCC1)C(=O)Nc1ccc(Cl)cc1Cl)N(Cc1ccccc1)Cc1ccco1. The number of urea groups is 1. The minimum atomic E-state index is -0.413. The van der Waals surface area contributed by atoms with Crippen LogP contribution in [0.4, 0.5) is 10.5 Å². The van der Waals surface area contributed by atoms with Gasteiger partial charge in [0.2, 0.25) is 5.91 Å². The molecule has 4 rings (SSSR count). The van der Waals surface area contributed by atoms with Crippen molar-refractivity contribution < 1.29 is 18.7 Å². The number of furan rings is 1. The van der Waals surface area contributed by atoms with Crippen LogP contribution in [0.5, 0.6) is 0 Å². The van der Waals surface area contributed by atoms with E-state index in [4.69, 9.17) is 32.4 Å². The summed E-state index contributed by atoms with van der Waals surface area (Å²) in [6, 6.07) is 17.8. The van der Waals surface area contributed by atoms with Gasteiger partial charge in [0.1, 0.15) is 12.3 Å². The van der Waals surface area contributed by atoms with Crippen molar-refractivity contribution in [3.05, 3.63) is 88.3 Å². The highest BCUT2D eigenvalue weighted by molar-refractivity contribution is 6.36. The van der Waals surface area contributed by atoms with Gasteiger partial charge in [0.15, 0.2) is 0 Å². The quantitative estimate of drug-likeness (QED) is 0.389. The standard InChI is InChI=1S/C27H30Cl2N4O4/c28-22-8-9-25(24(29)17-22)30-27(35)32(11-10-31-12-15-36-16-13-31)20-26(34)33(19-23-7-4-14-37-23)18-21-5-2-1-3-6-21/h1-9,14,17H,10-13,15-16,18-20H2,(H,30,35). The summed E-state index contributed by atoms with van der Waals surface area (Å²) in [7, 11) is 0. The van der Waals surface area contributed by atoms with Gasteiger partial charge in [-0.3, -0.25) is 9.69 Å². The molecule has 8 nitrogen and oxygen atoms in total. The van der Waals surface area contributed by atoms with Crippen molar-refractivity contribution in [2.45, 2.75) is 13.1 Å². The second-order valence-electron chi connectivity index (χ2n) is 8.74. The van der Waals surface area contributed by atoms with E-state index in [2.05, 4.69) is 10.2 Å². The van der Waals surface area contributed by atoms with Crippen molar-refractivity contribution in [1.29, 1.82) is 0 Å². The number of amides is 3.